The summed E-state index contributed by atoms with van der Waals surface area (Å²) >= 11 is 3.84. The van der Waals surface area contributed by atoms with Crippen LogP contribution in [0.25, 0.3) is 38.5 Å². The van der Waals surface area contributed by atoms with Crippen molar-refractivity contribution in [2.45, 2.75) is 37.6 Å². The zero-order chi connectivity index (χ0) is 34.6. The highest BCUT2D eigenvalue weighted by Crippen LogP contribution is 2.48. The molecule has 0 radical (unpaired) electrons. The molecular weight excluding hydrogens is 876 g/mol. The van der Waals surface area contributed by atoms with E-state index in [0.717, 1.165) is 54.4 Å². The fourth-order valence-corrected chi connectivity index (χ4v) is 8.76. The van der Waals surface area contributed by atoms with E-state index in [-0.39, 0.29) is 50.9 Å². The van der Waals surface area contributed by atoms with E-state index in [1.165, 1.54) is 58.7 Å². The Morgan fingerprint density at radius 3 is 1.87 bits per heavy atom. The Kier molecular flexibility index (Phi) is 16.5. The van der Waals surface area contributed by atoms with Crippen LogP contribution in [0.1, 0.15) is 31.2 Å². The van der Waals surface area contributed by atoms with Crippen molar-refractivity contribution in [3.8, 4) is 22.3 Å². The highest BCUT2D eigenvalue weighted by atomic mass is 79.9. The number of halogens is 3. The fraction of sp³-hybridized carbons (Fsp3) is 0.326. The third-order valence-electron chi connectivity index (χ3n) is 9.12. The van der Waals surface area contributed by atoms with Crippen LogP contribution in [0.15, 0.2) is 119 Å². The van der Waals surface area contributed by atoms with Crippen molar-refractivity contribution in [3.05, 3.63) is 119 Å². The summed E-state index contributed by atoms with van der Waals surface area (Å²) in [5.74, 6) is 0. The Morgan fingerprint density at radius 2 is 1.27 bits per heavy atom. The summed E-state index contributed by atoms with van der Waals surface area (Å²) in [6, 6.07) is 35.6. The minimum Gasteiger partial charge on any atom is -1.00 e. The van der Waals surface area contributed by atoms with Gasteiger partial charge < -0.3 is 64.8 Å². The van der Waals surface area contributed by atoms with Crippen LogP contribution >= 0.6 is 23.1 Å². The van der Waals surface area contributed by atoms with Gasteiger partial charge in [-0.3, -0.25) is 0 Å². The van der Waals surface area contributed by atoms with Gasteiger partial charge in [0.1, 0.15) is 4.70 Å². The molecular formula is C43H53Br3N4S2. The summed E-state index contributed by atoms with van der Waals surface area (Å²) in [7, 11) is 13.7. The molecule has 9 heteroatoms. The van der Waals surface area contributed by atoms with Crippen molar-refractivity contribution in [2.75, 3.05) is 66.8 Å². The van der Waals surface area contributed by atoms with Gasteiger partial charge in [0.05, 0.1) is 72.5 Å². The summed E-state index contributed by atoms with van der Waals surface area (Å²) in [5, 5.41) is 2.66. The number of rotatable bonds is 13. The second-order valence-corrected chi connectivity index (χ2v) is 17.4. The van der Waals surface area contributed by atoms with Crippen molar-refractivity contribution in [3.63, 3.8) is 0 Å². The number of aryl methyl sites for hydroxylation is 1. The molecule has 5 aromatic rings. The molecule has 4 nitrogen and oxygen atoms in total. The molecule has 2 heterocycles. The Bertz CT molecular complexity index is 1960. The first-order valence-corrected chi connectivity index (χ1v) is 19.3. The van der Waals surface area contributed by atoms with Gasteiger partial charge >= 0.3 is 0 Å². The standard InChI is InChI=1S/C43H53N4S2.3BrH/c1-8-33(29-42-44(25-15-27-46(2,3)4)38-31-36(21-23-40(38)48-42)34-17-11-9-12-18-34)30-43-45(26-16-28-47(5,6)7)39-32-37(22-24-41(39)49-43)35-19-13-10-14-20-35;;;/h9-14,17-24,29-32H,8,15-16,25-28H2,1-7H3;3*1H/q+3;;;/p-3. The van der Waals surface area contributed by atoms with Gasteiger partial charge in [0, 0.05) is 30.0 Å². The lowest BCUT2D eigenvalue weighted by Crippen LogP contribution is -3.00. The van der Waals surface area contributed by atoms with Gasteiger partial charge in [0.2, 0.25) is 5.52 Å². The Balaban J connectivity index is 0.00000243. The first-order chi connectivity index (χ1) is 23.5. The molecule has 0 aliphatic carbocycles. The van der Waals surface area contributed by atoms with Gasteiger partial charge in [-0.2, -0.15) is 4.57 Å². The van der Waals surface area contributed by atoms with Gasteiger partial charge in [-0.25, -0.2) is 0 Å². The number of hydrogen-bond donors (Lipinski definition) is 0. The van der Waals surface area contributed by atoms with Crippen molar-refractivity contribution >= 4 is 45.1 Å². The number of allylic oxidation sites excluding steroid dienone is 2. The minimum atomic E-state index is 0. The van der Waals surface area contributed by atoms with E-state index in [0.29, 0.717) is 0 Å². The van der Waals surface area contributed by atoms with Gasteiger partial charge in [0.15, 0.2) is 6.54 Å². The lowest BCUT2D eigenvalue weighted by Gasteiger charge is -2.26. The summed E-state index contributed by atoms with van der Waals surface area (Å²) in [4.78, 5) is 3.93. The van der Waals surface area contributed by atoms with E-state index in [4.69, 9.17) is 0 Å². The summed E-state index contributed by atoms with van der Waals surface area (Å²) < 4.78 is 5.88. The third-order valence-corrected chi connectivity index (χ3v) is 11.3. The van der Waals surface area contributed by atoms with Crippen LogP contribution in [-0.4, -0.2) is 70.9 Å². The number of fused-ring (bicyclic) bond motifs is 2. The molecule has 0 unspecified atom stereocenters. The van der Waals surface area contributed by atoms with Gasteiger partial charge in [-0.15, -0.1) is 0 Å². The quantitative estimate of drug-likeness (QED) is 0.129. The summed E-state index contributed by atoms with van der Waals surface area (Å²) in [5.41, 5.74) is 9.12. The molecule has 0 saturated carbocycles. The normalized spacial score (nSPS) is 13.8. The SMILES string of the molecule is CCC(=Cc1sc2ccc(-c3ccccc3)cc2[n+]1CCC[N+](C)(C)C)C=C1Sc2ccc(-c3ccccc3)cc2N1CCC[N+](C)(C)C.[Br-].[Br-].[Br-]. The Hall–Kier alpha value is -2.24. The van der Waals surface area contributed by atoms with E-state index in [1.807, 2.05) is 23.1 Å². The monoisotopic (exact) mass is 926 g/mol. The molecule has 6 rings (SSSR count). The van der Waals surface area contributed by atoms with Crippen LogP contribution in [0.4, 0.5) is 5.69 Å². The van der Waals surface area contributed by atoms with Gasteiger partial charge in [-0.1, -0.05) is 103 Å². The molecule has 278 valence electrons. The molecule has 0 N–H and O–H groups in total. The zero-order valence-corrected chi connectivity index (χ0v) is 38.0. The number of quaternary nitrogens is 2. The molecule has 0 spiro atoms. The number of nitrogens with zero attached hydrogens (tertiary/aromatic N) is 4. The van der Waals surface area contributed by atoms with E-state index in [9.17, 15) is 0 Å². The fourth-order valence-electron chi connectivity index (χ4n) is 6.47. The topological polar surface area (TPSA) is 7.12 Å². The lowest BCUT2D eigenvalue weighted by molar-refractivity contribution is -0.873. The van der Waals surface area contributed by atoms with Crippen molar-refractivity contribution in [1.82, 2.24) is 0 Å². The molecule has 0 saturated heterocycles. The van der Waals surface area contributed by atoms with E-state index < -0.39 is 0 Å². The first kappa shape index (κ1) is 44.2. The van der Waals surface area contributed by atoms with Gasteiger partial charge in [-0.05, 0) is 58.5 Å². The molecule has 1 aromatic heterocycles. The van der Waals surface area contributed by atoms with Crippen molar-refractivity contribution in [1.29, 1.82) is 0 Å². The Morgan fingerprint density at radius 1 is 0.692 bits per heavy atom. The molecule has 52 heavy (non-hydrogen) atoms. The molecule has 1 aliphatic heterocycles. The van der Waals surface area contributed by atoms with Crippen molar-refractivity contribution < 1.29 is 64.5 Å². The molecule has 0 atom stereocenters. The number of thioether (sulfide) groups is 1. The maximum absolute atomic E-state index is 2.58. The summed E-state index contributed by atoms with van der Waals surface area (Å²) in [6.45, 7) is 6.59. The van der Waals surface area contributed by atoms with E-state index in [2.05, 4.69) is 168 Å². The minimum absolute atomic E-state index is 0. The first-order valence-electron chi connectivity index (χ1n) is 17.7. The smallest absolute Gasteiger partial charge is 0.263 e. The van der Waals surface area contributed by atoms with Crippen LogP contribution in [-0.2, 0) is 6.54 Å². The second-order valence-electron chi connectivity index (χ2n) is 15.2. The van der Waals surface area contributed by atoms with Crippen LogP contribution in [0.5, 0.6) is 0 Å². The third kappa shape index (κ3) is 11.4. The molecule has 0 amide bonds. The predicted molar refractivity (Wildman–Crippen MR) is 214 cm³/mol. The lowest BCUT2D eigenvalue weighted by atomic mass is 10.0. The molecule has 4 aromatic carbocycles. The second kappa shape index (κ2) is 19.4. The van der Waals surface area contributed by atoms with Crippen LogP contribution in [0.3, 0.4) is 0 Å². The van der Waals surface area contributed by atoms with Gasteiger partial charge in [0.25, 0.3) is 5.01 Å². The highest BCUT2D eigenvalue weighted by Gasteiger charge is 2.27. The van der Waals surface area contributed by atoms with Crippen LogP contribution in [0, 0.1) is 0 Å². The average molecular weight is 930 g/mol. The highest BCUT2D eigenvalue weighted by molar-refractivity contribution is 8.03. The predicted octanol–water partition coefficient (Wildman–Crippen LogP) is 0.975. The maximum atomic E-state index is 2.58. The molecule has 1 aliphatic rings. The maximum Gasteiger partial charge on any atom is 0.263 e. The summed E-state index contributed by atoms with van der Waals surface area (Å²) in [6.07, 6.45) is 8.18. The van der Waals surface area contributed by atoms with E-state index in [1.54, 1.807) is 0 Å². The van der Waals surface area contributed by atoms with Crippen LogP contribution < -0.4 is 60.4 Å². The number of hydrogen-bond acceptors (Lipinski definition) is 3. The number of benzene rings is 4. The van der Waals surface area contributed by atoms with Crippen molar-refractivity contribution in [2.24, 2.45) is 0 Å². The number of anilines is 1. The Labute approximate surface area is 352 Å². The van der Waals surface area contributed by atoms with Crippen LogP contribution in [0.2, 0.25) is 0 Å². The number of aromatic nitrogens is 1. The molecule has 0 bridgehead atoms. The molecule has 0 fully saturated rings. The number of thiazole rings is 1. The van der Waals surface area contributed by atoms with E-state index >= 15 is 0 Å². The zero-order valence-electron chi connectivity index (χ0n) is 31.6. The average Bonchev–Trinajstić information content (AvgIpc) is 3.60. The largest absolute Gasteiger partial charge is 1.00 e.